The minimum atomic E-state index is -0.762. The fourth-order valence-corrected chi connectivity index (χ4v) is 0.652. The SMILES string of the molecule is [2H]C(=O)c1cccc(C#N)c1. The largest absolute Gasteiger partial charge is 0.298 e. The lowest BCUT2D eigenvalue weighted by atomic mass is 10.2. The summed E-state index contributed by atoms with van der Waals surface area (Å²) in [6.07, 6.45) is -0.762. The highest BCUT2D eigenvalue weighted by molar-refractivity contribution is 5.75. The molecule has 48 valence electrons. The van der Waals surface area contributed by atoms with Gasteiger partial charge >= 0.3 is 0 Å². The van der Waals surface area contributed by atoms with Gasteiger partial charge in [0.2, 0.25) is 0 Å². The highest BCUT2D eigenvalue weighted by atomic mass is 16.1. The minimum absolute atomic E-state index is 0.254. The maximum absolute atomic E-state index is 10.5. The molecule has 0 fully saturated rings. The topological polar surface area (TPSA) is 40.9 Å². The molecule has 2 heteroatoms. The zero-order valence-corrected chi connectivity index (χ0v) is 5.16. The van der Waals surface area contributed by atoms with Gasteiger partial charge in [0.1, 0.15) is 7.63 Å². The first-order valence-corrected chi connectivity index (χ1v) is 2.75. The van der Waals surface area contributed by atoms with Gasteiger partial charge in [-0.3, -0.25) is 4.79 Å². The Hall–Kier alpha value is -1.62. The molecule has 0 saturated carbocycles. The summed E-state index contributed by atoms with van der Waals surface area (Å²) in [5, 5.41) is 8.42. The Balaban J connectivity index is 3.13. The van der Waals surface area contributed by atoms with Gasteiger partial charge in [0, 0.05) is 5.56 Å². The van der Waals surface area contributed by atoms with Crippen LogP contribution in [0.1, 0.15) is 17.3 Å². The van der Waals surface area contributed by atoms with Crippen molar-refractivity contribution in [3.05, 3.63) is 35.4 Å². The smallest absolute Gasteiger partial charge is 0.150 e. The lowest BCUT2D eigenvalue weighted by Gasteiger charge is -1.87. The number of rotatable bonds is 1. The third-order valence-electron chi connectivity index (χ3n) is 1.11. The summed E-state index contributed by atoms with van der Waals surface area (Å²) in [6, 6.07) is 7.97. The zero-order chi connectivity index (χ0) is 8.27. The third-order valence-corrected chi connectivity index (χ3v) is 1.11. The molecule has 1 aromatic carbocycles. The monoisotopic (exact) mass is 132 g/mol. The first kappa shape index (κ1) is 5.19. The Bertz CT molecular complexity index is 327. The van der Waals surface area contributed by atoms with Crippen LogP contribution in [0.25, 0.3) is 0 Å². The van der Waals surface area contributed by atoms with E-state index in [1.54, 1.807) is 12.1 Å². The van der Waals surface area contributed by atoms with E-state index in [-0.39, 0.29) is 5.56 Å². The number of aldehydes is 1. The minimum Gasteiger partial charge on any atom is -0.298 e. The second-order valence-electron chi connectivity index (χ2n) is 1.79. The molecule has 0 saturated heterocycles. The van der Waals surface area contributed by atoms with Crippen LogP contribution >= 0.6 is 0 Å². The fourth-order valence-electron chi connectivity index (χ4n) is 0.652. The molecule has 0 unspecified atom stereocenters. The van der Waals surface area contributed by atoms with Gasteiger partial charge in [0.05, 0.1) is 11.6 Å². The highest BCUT2D eigenvalue weighted by Crippen LogP contribution is 2.00. The van der Waals surface area contributed by atoms with E-state index < -0.39 is 6.26 Å². The van der Waals surface area contributed by atoms with Crippen molar-refractivity contribution in [2.75, 3.05) is 0 Å². The van der Waals surface area contributed by atoms with Crippen LogP contribution in [0, 0.1) is 11.3 Å². The summed E-state index contributed by atoms with van der Waals surface area (Å²) in [5.74, 6) is 0. The second kappa shape index (κ2) is 2.79. The van der Waals surface area contributed by atoms with Gasteiger partial charge < -0.3 is 0 Å². The molecule has 0 heterocycles. The van der Waals surface area contributed by atoms with E-state index in [0.717, 1.165) is 0 Å². The van der Waals surface area contributed by atoms with Crippen molar-refractivity contribution in [2.45, 2.75) is 0 Å². The Labute approximate surface area is 60.1 Å². The van der Waals surface area contributed by atoms with Crippen molar-refractivity contribution in [3.8, 4) is 6.07 Å². The molecule has 0 aromatic heterocycles. The zero-order valence-electron chi connectivity index (χ0n) is 6.16. The molecule has 1 aromatic rings. The summed E-state index contributed by atoms with van der Waals surface area (Å²) in [7, 11) is 0. The Kier molecular flexibility index (Phi) is 1.45. The average Bonchev–Trinajstić information content (AvgIpc) is 2.05. The molecule has 0 aliphatic rings. The van der Waals surface area contributed by atoms with E-state index in [2.05, 4.69) is 0 Å². The highest BCUT2D eigenvalue weighted by Gasteiger charge is 1.90. The number of nitriles is 1. The number of carbonyl (C=O) groups is 1. The number of benzene rings is 1. The number of hydrogen-bond donors (Lipinski definition) is 0. The number of hydrogen-bond acceptors (Lipinski definition) is 2. The fraction of sp³-hybridized carbons (Fsp3) is 0. The maximum atomic E-state index is 10.5. The van der Waals surface area contributed by atoms with E-state index in [9.17, 15) is 4.79 Å². The molecule has 0 amide bonds. The van der Waals surface area contributed by atoms with Crippen molar-refractivity contribution >= 4 is 6.26 Å². The van der Waals surface area contributed by atoms with Crippen molar-refractivity contribution in [1.82, 2.24) is 0 Å². The Morgan fingerprint density at radius 2 is 2.50 bits per heavy atom. The van der Waals surface area contributed by atoms with Crippen molar-refractivity contribution in [1.29, 1.82) is 5.26 Å². The standard InChI is InChI=1S/C8H5NO/c9-5-7-2-1-3-8(4-7)6-10/h1-4,6H/i6D. The maximum Gasteiger partial charge on any atom is 0.150 e. The van der Waals surface area contributed by atoms with E-state index in [4.69, 9.17) is 6.63 Å². The van der Waals surface area contributed by atoms with Crippen LogP contribution in [0.2, 0.25) is 0 Å². The van der Waals surface area contributed by atoms with Gasteiger partial charge in [-0.15, -0.1) is 0 Å². The van der Waals surface area contributed by atoms with Crippen LogP contribution in [-0.2, 0) is 0 Å². The molecule has 10 heavy (non-hydrogen) atoms. The normalized spacial score (nSPS) is 9.70. The summed E-state index contributed by atoms with van der Waals surface area (Å²) < 4.78 is 6.74. The molecule has 2 nitrogen and oxygen atoms in total. The van der Waals surface area contributed by atoms with Crippen LogP contribution in [0.15, 0.2) is 24.3 Å². The molecular formula is C8H5NO. The molecule has 1 rings (SSSR count). The molecule has 0 atom stereocenters. The number of nitrogens with zero attached hydrogens (tertiary/aromatic N) is 1. The van der Waals surface area contributed by atoms with Gasteiger partial charge in [-0.05, 0) is 12.1 Å². The summed E-state index contributed by atoms with van der Waals surface area (Å²) in [5.41, 5.74) is 0.659. The molecule has 0 spiro atoms. The van der Waals surface area contributed by atoms with Gasteiger partial charge in [0.25, 0.3) is 0 Å². The molecule has 0 aliphatic carbocycles. The molecule has 0 radical (unpaired) electrons. The van der Waals surface area contributed by atoms with E-state index in [1.165, 1.54) is 12.1 Å². The predicted octanol–water partition coefficient (Wildman–Crippen LogP) is 1.37. The average molecular weight is 132 g/mol. The summed E-state index contributed by atoms with van der Waals surface area (Å²) in [4.78, 5) is 10.5. The third kappa shape index (κ3) is 1.20. The first-order valence-electron chi connectivity index (χ1n) is 3.25. The van der Waals surface area contributed by atoms with Crippen LogP contribution in [-0.4, -0.2) is 6.26 Å². The van der Waals surface area contributed by atoms with Gasteiger partial charge in [-0.2, -0.15) is 5.26 Å². The van der Waals surface area contributed by atoms with Gasteiger partial charge in [0.15, 0.2) is 0 Å². The molecule has 0 aliphatic heterocycles. The predicted molar refractivity (Wildman–Crippen MR) is 36.5 cm³/mol. The van der Waals surface area contributed by atoms with E-state index in [1.807, 2.05) is 6.07 Å². The first-order chi connectivity index (χ1) is 5.24. The summed E-state index contributed by atoms with van der Waals surface area (Å²) in [6.45, 7) is 0. The van der Waals surface area contributed by atoms with Crippen LogP contribution in [0.4, 0.5) is 0 Å². The summed E-state index contributed by atoms with van der Waals surface area (Å²) >= 11 is 0. The second-order valence-corrected chi connectivity index (χ2v) is 1.79. The Morgan fingerprint density at radius 3 is 3.10 bits per heavy atom. The van der Waals surface area contributed by atoms with Gasteiger partial charge in [-0.1, -0.05) is 12.1 Å². The van der Waals surface area contributed by atoms with Crippen LogP contribution in [0.5, 0.6) is 0 Å². The lowest BCUT2D eigenvalue weighted by molar-refractivity contribution is 0.112. The van der Waals surface area contributed by atoms with Crippen molar-refractivity contribution < 1.29 is 6.17 Å². The molecule has 0 N–H and O–H groups in total. The van der Waals surface area contributed by atoms with E-state index >= 15 is 0 Å². The molecule has 0 bridgehead atoms. The molecular weight excluding hydrogens is 126 g/mol. The number of carbonyl (C=O) groups excluding carboxylic acids is 1. The van der Waals surface area contributed by atoms with Crippen LogP contribution < -0.4 is 0 Å². The van der Waals surface area contributed by atoms with Crippen molar-refractivity contribution in [3.63, 3.8) is 0 Å². The lowest BCUT2D eigenvalue weighted by Crippen LogP contribution is -1.79. The van der Waals surface area contributed by atoms with Gasteiger partial charge in [-0.25, -0.2) is 0 Å². The quantitative estimate of drug-likeness (QED) is 0.541. The van der Waals surface area contributed by atoms with Crippen molar-refractivity contribution in [2.24, 2.45) is 0 Å². The van der Waals surface area contributed by atoms with Crippen LogP contribution in [0.3, 0.4) is 0 Å². The Morgan fingerprint density at radius 1 is 1.70 bits per heavy atom. The van der Waals surface area contributed by atoms with E-state index in [0.29, 0.717) is 5.56 Å².